The Labute approximate surface area is 229 Å². The highest BCUT2D eigenvalue weighted by atomic mass is 16.4. The van der Waals surface area contributed by atoms with Gasteiger partial charge in [0.15, 0.2) is 0 Å². The molecule has 12 heteroatoms. The summed E-state index contributed by atoms with van der Waals surface area (Å²) in [5, 5.41) is 19.4. The molecule has 2 aromatic heterocycles. The number of carboxylic acids is 1. The van der Waals surface area contributed by atoms with Crippen molar-refractivity contribution in [2.45, 2.75) is 0 Å². The third kappa shape index (κ3) is 3.81. The quantitative estimate of drug-likeness (QED) is 0.225. The van der Waals surface area contributed by atoms with E-state index in [0.29, 0.717) is 39.1 Å². The number of carboxylic acid groups (broad SMARTS) is 1. The minimum Gasteiger partial charge on any atom is -0.477 e. The van der Waals surface area contributed by atoms with Crippen LogP contribution in [0, 0.1) is 0 Å². The number of hydrogen-bond donors (Lipinski definition) is 5. The van der Waals surface area contributed by atoms with Gasteiger partial charge in [0.2, 0.25) is 0 Å². The van der Waals surface area contributed by atoms with Gasteiger partial charge in [-0.15, -0.1) is 0 Å². The van der Waals surface area contributed by atoms with Crippen LogP contribution in [0.1, 0.15) is 10.5 Å². The van der Waals surface area contributed by atoms with Crippen molar-refractivity contribution in [1.82, 2.24) is 39.5 Å². The summed E-state index contributed by atoms with van der Waals surface area (Å²) >= 11 is 0. The van der Waals surface area contributed by atoms with Crippen molar-refractivity contribution in [3.05, 3.63) is 118 Å². The summed E-state index contributed by atoms with van der Waals surface area (Å²) in [7, 11) is 0. The van der Waals surface area contributed by atoms with E-state index in [0.717, 1.165) is 16.6 Å². The zero-order chi connectivity index (χ0) is 28.1. The highest BCUT2D eigenvalue weighted by Crippen LogP contribution is 2.28. The first-order chi connectivity index (χ1) is 20.0. The topological polar surface area (TPSA) is 170 Å². The van der Waals surface area contributed by atoms with Crippen LogP contribution in [0.5, 0.6) is 0 Å². The van der Waals surface area contributed by atoms with Crippen LogP contribution >= 0.6 is 0 Å². The molecule has 0 bridgehead atoms. The van der Waals surface area contributed by atoms with Gasteiger partial charge in [-0.05, 0) is 24.3 Å². The number of rotatable bonds is 3. The lowest BCUT2D eigenvalue weighted by atomic mass is 10.1. The molecule has 0 amide bonds. The summed E-state index contributed by atoms with van der Waals surface area (Å²) in [6, 6.07) is 18.5. The second-order valence-electron chi connectivity index (χ2n) is 9.25. The van der Waals surface area contributed by atoms with Crippen LogP contribution < -0.4 is 11.1 Å². The fraction of sp³-hybridized carbons (Fsp3) is 0. The van der Waals surface area contributed by atoms with E-state index in [1.165, 1.54) is 15.6 Å². The van der Waals surface area contributed by atoms with Crippen LogP contribution in [0.3, 0.4) is 0 Å². The van der Waals surface area contributed by atoms with Gasteiger partial charge in [-0.25, -0.2) is 4.79 Å². The number of carbonyl (C=O) groups is 1. The molecule has 8 rings (SSSR count). The predicted octanol–water partition coefficient (Wildman–Crippen LogP) is 3.99. The van der Waals surface area contributed by atoms with Crippen molar-refractivity contribution in [1.29, 1.82) is 0 Å². The van der Waals surface area contributed by atoms with Crippen molar-refractivity contribution < 1.29 is 9.90 Å². The third-order valence-corrected chi connectivity index (χ3v) is 6.84. The highest BCUT2D eigenvalue weighted by molar-refractivity contribution is 6.05. The van der Waals surface area contributed by atoms with Crippen LogP contribution in [0.25, 0.3) is 55.7 Å². The van der Waals surface area contributed by atoms with E-state index in [1.807, 2.05) is 60.9 Å². The molecule has 0 fully saturated rings. The molecule has 0 radical (unpaired) electrons. The number of fused-ring (bicyclic) bond motifs is 6. The summed E-state index contributed by atoms with van der Waals surface area (Å²) in [6.45, 7) is 0. The van der Waals surface area contributed by atoms with Gasteiger partial charge < -0.3 is 25.0 Å². The summed E-state index contributed by atoms with van der Waals surface area (Å²) in [6.07, 6.45) is 8.43. The van der Waals surface area contributed by atoms with Gasteiger partial charge in [-0.2, -0.15) is 19.6 Å². The monoisotopic (exact) mass is 544 g/mol. The van der Waals surface area contributed by atoms with E-state index in [4.69, 9.17) is 5.11 Å². The van der Waals surface area contributed by atoms with Crippen molar-refractivity contribution in [3.63, 3.8) is 0 Å². The molecule has 4 aromatic rings. The molecule has 4 aliphatic rings. The second-order valence-corrected chi connectivity index (χ2v) is 9.25. The Hall–Kier alpha value is -6.17. The molecule has 0 aliphatic carbocycles. The molecule has 5 N–H and O–H groups in total. The smallest absolute Gasteiger partial charge is 0.354 e. The average Bonchev–Trinajstić information content (AvgIpc) is 3.78. The maximum Gasteiger partial charge on any atom is 0.354 e. The molecule has 12 nitrogen and oxygen atoms in total. The van der Waals surface area contributed by atoms with E-state index in [9.17, 15) is 14.4 Å². The van der Waals surface area contributed by atoms with Gasteiger partial charge in [0.05, 0.1) is 33.5 Å². The van der Waals surface area contributed by atoms with Crippen molar-refractivity contribution in [3.8, 4) is 33.9 Å². The number of aromatic carboxylic acids is 1. The first-order valence-corrected chi connectivity index (χ1v) is 12.5. The Morgan fingerprint density at radius 3 is 1.80 bits per heavy atom. The van der Waals surface area contributed by atoms with Gasteiger partial charge in [0, 0.05) is 41.8 Å². The first kappa shape index (κ1) is 23.9. The zero-order valence-electron chi connectivity index (χ0n) is 21.1. The lowest BCUT2D eigenvalue weighted by Gasteiger charge is -1.98. The van der Waals surface area contributed by atoms with Crippen molar-refractivity contribution >= 4 is 27.8 Å². The molecule has 4 aliphatic heterocycles. The molecule has 41 heavy (non-hydrogen) atoms. The van der Waals surface area contributed by atoms with Gasteiger partial charge in [-0.1, -0.05) is 36.4 Å². The number of nitrogens with zero attached hydrogens (tertiary/aromatic N) is 4. The van der Waals surface area contributed by atoms with Gasteiger partial charge in [0.25, 0.3) is 11.1 Å². The zero-order valence-corrected chi connectivity index (χ0v) is 21.1. The largest absolute Gasteiger partial charge is 0.477 e. The van der Waals surface area contributed by atoms with Gasteiger partial charge in [-0.3, -0.25) is 9.59 Å². The van der Waals surface area contributed by atoms with E-state index < -0.39 is 5.97 Å². The van der Waals surface area contributed by atoms with Crippen molar-refractivity contribution in [2.24, 2.45) is 0 Å². The number of benzene rings is 2. The number of hydrogen-bond acceptors (Lipinski definition) is 5. The number of para-hydroxylation sites is 2. The van der Waals surface area contributed by atoms with Crippen LogP contribution in [0.4, 0.5) is 0 Å². The molecule has 6 heterocycles. The standard InChI is InChI=1S/C15H10N4O3.C14H10N4O/c20-14-10-7-16-12-9(6-17-13(12)15(21)22)11(10)18-19(14)8-4-2-1-3-5-8;19-14-11-7-16-12-8-15-6-10(12)13(11)17-18(14)9-4-2-1-3-5-9/h1-7,16-17H,(H,21,22);1-8,15-16H. The predicted molar refractivity (Wildman–Crippen MR) is 152 cm³/mol. The normalized spacial score (nSPS) is 11.3. The molecule has 200 valence electrons. The fourth-order valence-corrected chi connectivity index (χ4v) is 4.88. The van der Waals surface area contributed by atoms with E-state index >= 15 is 0 Å². The Kier molecular flexibility index (Phi) is 5.39. The molecule has 0 unspecified atom stereocenters. The lowest BCUT2D eigenvalue weighted by Crippen LogP contribution is -2.14. The third-order valence-electron chi connectivity index (χ3n) is 6.84. The Balaban J connectivity index is 0.000000136. The Morgan fingerprint density at radius 1 is 0.659 bits per heavy atom. The van der Waals surface area contributed by atoms with Crippen LogP contribution in [0.2, 0.25) is 0 Å². The van der Waals surface area contributed by atoms with E-state index in [-0.39, 0.29) is 16.8 Å². The Morgan fingerprint density at radius 2 is 1.22 bits per heavy atom. The van der Waals surface area contributed by atoms with Crippen LogP contribution in [0.15, 0.2) is 101 Å². The SMILES string of the molecule is O=C(O)c1[nH]cc2c3nn(-c4ccccc4)c(=O)c-3c[nH]c12.O=c1c2c[nH]c3c[nH]cc3c-2nn1-c1ccccc1. The van der Waals surface area contributed by atoms with E-state index in [1.54, 1.807) is 24.5 Å². The highest BCUT2D eigenvalue weighted by Gasteiger charge is 2.22. The molecule has 0 saturated heterocycles. The molecule has 0 atom stereocenters. The van der Waals surface area contributed by atoms with Gasteiger partial charge in [0.1, 0.15) is 17.1 Å². The number of nitrogens with one attached hydrogen (secondary N) is 4. The average molecular weight is 545 g/mol. The van der Waals surface area contributed by atoms with Crippen LogP contribution in [-0.4, -0.2) is 50.6 Å². The van der Waals surface area contributed by atoms with Crippen LogP contribution in [-0.2, 0) is 0 Å². The number of aromatic amines is 4. The minimum atomic E-state index is -1.07. The molecule has 0 spiro atoms. The van der Waals surface area contributed by atoms with Crippen molar-refractivity contribution in [2.75, 3.05) is 0 Å². The first-order valence-electron chi connectivity index (χ1n) is 12.5. The minimum absolute atomic E-state index is 0.0404. The summed E-state index contributed by atoms with van der Waals surface area (Å²) in [4.78, 5) is 47.7. The number of H-pyrrole nitrogens is 4. The molecular formula is C29H20N8O4. The Bertz CT molecular complexity index is 2230. The maximum absolute atomic E-state index is 12.5. The summed E-state index contributed by atoms with van der Waals surface area (Å²) < 4.78 is 2.75. The lowest BCUT2D eigenvalue weighted by molar-refractivity contribution is 0.0693. The van der Waals surface area contributed by atoms with E-state index in [2.05, 4.69) is 30.1 Å². The number of aromatic nitrogens is 8. The number of pyridine rings is 2. The van der Waals surface area contributed by atoms with Gasteiger partial charge >= 0.3 is 5.97 Å². The summed E-state index contributed by atoms with van der Waals surface area (Å²) in [5.74, 6) is -1.07. The fourth-order valence-electron chi connectivity index (χ4n) is 4.88. The second kappa shape index (κ2) is 9.24. The molecule has 0 saturated carbocycles. The molecular weight excluding hydrogens is 524 g/mol. The maximum atomic E-state index is 12.5. The molecule has 2 aromatic carbocycles. The summed E-state index contributed by atoms with van der Waals surface area (Å²) in [5.41, 5.74) is 4.64.